The van der Waals surface area contributed by atoms with Crippen LogP contribution in [0.3, 0.4) is 0 Å². The number of aliphatic carboxylic acids is 1. The molecule has 2 rings (SSSR count). The quantitative estimate of drug-likeness (QED) is 0.797. The van der Waals surface area contributed by atoms with Crippen molar-refractivity contribution in [2.45, 2.75) is 45.6 Å². The van der Waals surface area contributed by atoms with Crippen molar-refractivity contribution in [1.29, 1.82) is 0 Å². The lowest BCUT2D eigenvalue weighted by Crippen LogP contribution is -2.36. The molecule has 1 atom stereocenters. The lowest BCUT2D eigenvalue weighted by molar-refractivity contribution is -0.136. The molecule has 0 aromatic heterocycles. The van der Waals surface area contributed by atoms with E-state index in [-0.39, 0.29) is 18.5 Å². The highest BCUT2D eigenvalue weighted by Crippen LogP contribution is 2.36. The first-order valence-electron chi connectivity index (χ1n) is 7.22. The van der Waals surface area contributed by atoms with Crippen LogP contribution in [0, 0.1) is 5.41 Å². The molecule has 2 amide bonds. The topological polar surface area (TPSA) is 78.4 Å². The largest absolute Gasteiger partial charge is 0.481 e. The van der Waals surface area contributed by atoms with Crippen molar-refractivity contribution in [2.24, 2.45) is 5.41 Å². The molecule has 0 aliphatic heterocycles. The Balaban J connectivity index is 1.89. The first-order chi connectivity index (χ1) is 9.84. The summed E-state index contributed by atoms with van der Waals surface area (Å²) in [6.07, 6.45) is 3.05. The molecule has 0 spiro atoms. The van der Waals surface area contributed by atoms with Gasteiger partial charge in [0, 0.05) is 11.7 Å². The van der Waals surface area contributed by atoms with Crippen LogP contribution in [0.2, 0.25) is 0 Å². The molecule has 21 heavy (non-hydrogen) atoms. The van der Waals surface area contributed by atoms with E-state index in [9.17, 15) is 9.59 Å². The van der Waals surface area contributed by atoms with E-state index < -0.39 is 5.97 Å². The Kier molecular flexibility index (Phi) is 4.50. The fourth-order valence-electron chi connectivity index (χ4n) is 2.85. The minimum absolute atomic E-state index is 0.0477. The highest BCUT2D eigenvalue weighted by Gasteiger charge is 2.31. The first-order valence-corrected chi connectivity index (χ1v) is 7.22. The van der Waals surface area contributed by atoms with Crippen molar-refractivity contribution in [3.63, 3.8) is 0 Å². The van der Waals surface area contributed by atoms with E-state index in [4.69, 9.17) is 5.11 Å². The molecule has 5 nitrogen and oxygen atoms in total. The Morgan fingerprint density at radius 2 is 2.14 bits per heavy atom. The number of urea groups is 1. The summed E-state index contributed by atoms with van der Waals surface area (Å²) in [6.45, 7) is 4.42. The molecular weight excluding hydrogens is 268 g/mol. The van der Waals surface area contributed by atoms with E-state index in [0.29, 0.717) is 16.7 Å². The average Bonchev–Trinajstić information content (AvgIpc) is 2.67. The Morgan fingerprint density at radius 1 is 1.38 bits per heavy atom. The lowest BCUT2D eigenvalue weighted by Gasteiger charge is -2.18. The molecule has 0 heterocycles. The van der Waals surface area contributed by atoms with Crippen molar-refractivity contribution in [1.82, 2.24) is 5.32 Å². The van der Waals surface area contributed by atoms with E-state index in [2.05, 4.69) is 24.5 Å². The molecule has 1 aromatic rings. The predicted octanol–water partition coefficient (Wildman–Crippen LogP) is 3.01. The summed E-state index contributed by atoms with van der Waals surface area (Å²) in [5, 5.41) is 14.5. The summed E-state index contributed by atoms with van der Waals surface area (Å²) in [7, 11) is 0. The maximum absolute atomic E-state index is 12.0. The van der Waals surface area contributed by atoms with Gasteiger partial charge in [-0.3, -0.25) is 4.79 Å². The van der Waals surface area contributed by atoms with Crippen molar-refractivity contribution in [2.75, 3.05) is 5.32 Å². The zero-order chi connectivity index (χ0) is 15.5. The van der Waals surface area contributed by atoms with Gasteiger partial charge in [-0.1, -0.05) is 26.0 Å². The van der Waals surface area contributed by atoms with Crippen molar-refractivity contribution in [3.8, 4) is 0 Å². The van der Waals surface area contributed by atoms with Crippen LogP contribution in [0.15, 0.2) is 24.3 Å². The number of rotatable bonds is 4. The minimum Gasteiger partial charge on any atom is -0.481 e. The summed E-state index contributed by atoms with van der Waals surface area (Å²) in [5.41, 5.74) is 1.57. The fourth-order valence-corrected chi connectivity index (χ4v) is 2.85. The van der Waals surface area contributed by atoms with Crippen molar-refractivity contribution < 1.29 is 14.7 Å². The SMILES string of the molecule is CC1(C)CCC(NC(=O)Nc2cccc(CC(=O)O)c2)C1. The fraction of sp³-hybridized carbons (Fsp3) is 0.500. The molecule has 3 N–H and O–H groups in total. The van der Waals surface area contributed by atoms with Crippen LogP contribution in [-0.4, -0.2) is 23.1 Å². The number of carbonyl (C=O) groups is 2. The Morgan fingerprint density at radius 3 is 2.76 bits per heavy atom. The number of hydrogen-bond donors (Lipinski definition) is 3. The molecule has 1 aromatic carbocycles. The van der Waals surface area contributed by atoms with Crippen molar-refractivity contribution >= 4 is 17.7 Å². The van der Waals surface area contributed by atoms with Crippen LogP contribution in [0.25, 0.3) is 0 Å². The van der Waals surface area contributed by atoms with Gasteiger partial charge in [0.25, 0.3) is 0 Å². The van der Waals surface area contributed by atoms with E-state index in [1.54, 1.807) is 24.3 Å². The van der Waals surface area contributed by atoms with Gasteiger partial charge in [0.15, 0.2) is 0 Å². The number of benzene rings is 1. The number of amides is 2. The van der Waals surface area contributed by atoms with Crippen LogP contribution in [0.1, 0.15) is 38.7 Å². The van der Waals surface area contributed by atoms with E-state index in [1.807, 2.05) is 0 Å². The van der Waals surface area contributed by atoms with E-state index in [0.717, 1.165) is 19.3 Å². The van der Waals surface area contributed by atoms with Gasteiger partial charge in [0.2, 0.25) is 0 Å². The third-order valence-electron chi connectivity index (χ3n) is 3.84. The maximum Gasteiger partial charge on any atom is 0.319 e. The lowest BCUT2D eigenvalue weighted by atomic mass is 9.92. The molecule has 1 fully saturated rings. The van der Waals surface area contributed by atoms with Gasteiger partial charge in [-0.05, 0) is 42.4 Å². The summed E-state index contributed by atoms with van der Waals surface area (Å²) in [5.74, 6) is -0.884. The number of carboxylic acid groups (broad SMARTS) is 1. The third kappa shape index (κ3) is 4.77. The monoisotopic (exact) mass is 290 g/mol. The number of hydrogen-bond acceptors (Lipinski definition) is 2. The Labute approximate surface area is 124 Å². The number of carbonyl (C=O) groups excluding carboxylic acids is 1. The molecule has 1 aliphatic carbocycles. The summed E-state index contributed by atoms with van der Waals surface area (Å²) in [4.78, 5) is 22.7. The average molecular weight is 290 g/mol. The molecule has 1 unspecified atom stereocenters. The molecule has 0 bridgehead atoms. The number of anilines is 1. The second-order valence-corrected chi connectivity index (χ2v) is 6.47. The predicted molar refractivity (Wildman–Crippen MR) is 81.4 cm³/mol. The molecule has 114 valence electrons. The van der Waals surface area contributed by atoms with Crippen LogP contribution in [-0.2, 0) is 11.2 Å². The summed E-state index contributed by atoms with van der Waals surface area (Å²) in [6, 6.07) is 6.89. The van der Waals surface area contributed by atoms with E-state index in [1.165, 1.54) is 0 Å². The smallest absolute Gasteiger partial charge is 0.319 e. The maximum atomic E-state index is 12.0. The number of carboxylic acids is 1. The highest BCUT2D eigenvalue weighted by molar-refractivity contribution is 5.89. The van der Waals surface area contributed by atoms with Gasteiger partial charge in [0.1, 0.15) is 0 Å². The normalized spacial score (nSPS) is 20.0. The van der Waals surface area contributed by atoms with Gasteiger partial charge < -0.3 is 15.7 Å². The summed E-state index contributed by atoms with van der Waals surface area (Å²) < 4.78 is 0. The molecule has 0 saturated heterocycles. The summed E-state index contributed by atoms with van der Waals surface area (Å²) >= 11 is 0. The van der Waals surface area contributed by atoms with E-state index >= 15 is 0 Å². The van der Waals surface area contributed by atoms with Crippen LogP contribution in [0.5, 0.6) is 0 Å². The van der Waals surface area contributed by atoms with Crippen LogP contribution >= 0.6 is 0 Å². The standard InChI is InChI=1S/C16H22N2O3/c1-16(2)7-6-13(10-16)18-15(21)17-12-5-3-4-11(8-12)9-14(19)20/h3-5,8,13H,6-7,9-10H2,1-2H3,(H,19,20)(H2,17,18,21). The second kappa shape index (κ2) is 6.16. The molecular formula is C16H22N2O3. The second-order valence-electron chi connectivity index (χ2n) is 6.47. The van der Waals surface area contributed by atoms with Gasteiger partial charge in [0.05, 0.1) is 6.42 Å². The zero-order valence-electron chi connectivity index (χ0n) is 12.5. The van der Waals surface area contributed by atoms with Crippen LogP contribution < -0.4 is 10.6 Å². The van der Waals surface area contributed by atoms with Gasteiger partial charge in [-0.2, -0.15) is 0 Å². The van der Waals surface area contributed by atoms with Gasteiger partial charge >= 0.3 is 12.0 Å². The molecule has 1 aliphatic rings. The number of nitrogens with one attached hydrogen (secondary N) is 2. The third-order valence-corrected chi connectivity index (χ3v) is 3.84. The highest BCUT2D eigenvalue weighted by atomic mass is 16.4. The Hall–Kier alpha value is -2.04. The van der Waals surface area contributed by atoms with Gasteiger partial charge in [-0.15, -0.1) is 0 Å². The molecule has 0 radical (unpaired) electrons. The van der Waals surface area contributed by atoms with Crippen LogP contribution in [0.4, 0.5) is 10.5 Å². The minimum atomic E-state index is -0.884. The first kappa shape index (κ1) is 15.4. The van der Waals surface area contributed by atoms with Crippen molar-refractivity contribution in [3.05, 3.63) is 29.8 Å². The molecule has 1 saturated carbocycles. The zero-order valence-corrected chi connectivity index (χ0v) is 12.5. The molecule has 5 heteroatoms. The Bertz CT molecular complexity index is 540. The van der Waals surface area contributed by atoms with Gasteiger partial charge in [-0.25, -0.2) is 4.79 Å².